The van der Waals surface area contributed by atoms with Crippen LogP contribution in [0.25, 0.3) is 0 Å². The molecule has 0 saturated heterocycles. The summed E-state index contributed by atoms with van der Waals surface area (Å²) in [5.41, 5.74) is 0. The fourth-order valence-corrected chi connectivity index (χ4v) is 10.1. The zero-order valence-corrected chi connectivity index (χ0v) is 32.6. The minimum Gasteiger partial charge on any atom is -0.273 e. The summed E-state index contributed by atoms with van der Waals surface area (Å²) in [4.78, 5) is 16.1. The standard InChI is InChI=1S/2C18H15P.C5H2F6O2.2CO.Mn/c2*1-4-10-16(11-5-1)19(17-12-6-2-7-13-17)18-14-8-3-9-15-18;6-4(7,8)2(12)1-3(13)5(9,10)11;2*1-2;/h2*1-15H;1H2;;;/q;;;;;+2/p+4. The van der Waals surface area contributed by atoms with Gasteiger partial charge in [-0.2, -0.15) is 26.3 Å². The summed E-state index contributed by atoms with van der Waals surface area (Å²) in [5.74, 6) is -4.77. The number of ketones is 2. The number of halogens is 6. The van der Waals surface area contributed by atoms with Gasteiger partial charge in [-0.3, -0.25) is 9.59 Å². The second-order valence-corrected chi connectivity index (χ2v) is 16.0. The predicted octanol–water partition coefficient (Wildman–Crippen LogP) is 7.87. The maximum Gasteiger partial charge on any atom is 2.00 e. The van der Waals surface area contributed by atoms with E-state index in [1.54, 1.807) is 0 Å². The molecular weight excluding hydrogens is 811 g/mol. The number of rotatable bonds is 8. The fourth-order valence-electron chi connectivity index (χ4n) is 4.99. The summed E-state index contributed by atoms with van der Waals surface area (Å²) in [6, 6.07) is 65.0. The van der Waals surface area contributed by atoms with Crippen molar-refractivity contribution in [1.29, 1.82) is 0 Å². The molecule has 0 amide bonds. The third kappa shape index (κ3) is 16.4. The summed E-state index contributed by atoms with van der Waals surface area (Å²) < 4.78 is 83.5. The molecule has 1 radical (unpaired) electrons. The second-order valence-electron chi connectivity index (χ2n) is 11.0. The molecule has 2 N–H and O–H groups in total. The quantitative estimate of drug-likeness (QED) is 0.0374. The van der Waals surface area contributed by atoms with Crippen molar-refractivity contribution in [3.8, 4) is 0 Å². The van der Waals surface area contributed by atoms with Crippen LogP contribution in [0.1, 0.15) is 6.42 Å². The van der Waals surface area contributed by atoms with Gasteiger partial charge < -0.3 is 0 Å². The van der Waals surface area contributed by atoms with Gasteiger partial charge in [0.05, 0.1) is 15.8 Å². The second kappa shape index (κ2) is 26.0. The largest absolute Gasteiger partial charge is 2.00 e. The van der Waals surface area contributed by atoms with E-state index >= 15 is 0 Å². The zero-order valence-electron chi connectivity index (χ0n) is 29.4. The smallest absolute Gasteiger partial charge is 0.273 e. The van der Waals surface area contributed by atoms with Gasteiger partial charge in [0.2, 0.25) is 0 Å². The van der Waals surface area contributed by atoms with Crippen LogP contribution in [0.3, 0.4) is 0 Å². The van der Waals surface area contributed by atoms with E-state index in [0.29, 0.717) is 0 Å². The van der Waals surface area contributed by atoms with Crippen molar-refractivity contribution >= 4 is 59.2 Å². The molecule has 0 aliphatic carbocycles. The summed E-state index contributed by atoms with van der Waals surface area (Å²) in [7, 11) is -1.75. The molecule has 285 valence electrons. The first kappa shape index (κ1) is 49.1. The molecule has 0 bridgehead atoms. The van der Waals surface area contributed by atoms with Crippen LogP contribution in [0.4, 0.5) is 26.3 Å². The van der Waals surface area contributed by atoms with Gasteiger partial charge in [-0.15, -0.1) is 0 Å². The summed E-state index contributed by atoms with van der Waals surface area (Å²) in [6.07, 6.45) is -12.5. The molecule has 0 spiro atoms. The molecule has 0 aromatic heterocycles. The van der Waals surface area contributed by atoms with E-state index in [1.165, 1.54) is 31.8 Å². The molecular formula is C43H36F6MnO4P2+6. The van der Waals surface area contributed by atoms with Crippen molar-refractivity contribution in [3.05, 3.63) is 195 Å². The van der Waals surface area contributed by atoms with Crippen LogP contribution < -0.4 is 31.8 Å². The van der Waals surface area contributed by atoms with Crippen molar-refractivity contribution in [2.24, 2.45) is 0 Å². The Hall–Kier alpha value is -4.90. The van der Waals surface area contributed by atoms with Gasteiger partial charge in [-0.25, -0.2) is 0 Å². The first-order valence-electron chi connectivity index (χ1n) is 16.2. The molecule has 6 rings (SSSR count). The van der Waals surface area contributed by atoms with Crippen LogP contribution in [-0.4, -0.2) is 33.5 Å². The van der Waals surface area contributed by atoms with E-state index in [-0.39, 0.29) is 17.1 Å². The molecule has 13 heteroatoms. The number of hydrogen-bond donors (Lipinski definition) is 0. The van der Waals surface area contributed by atoms with Crippen molar-refractivity contribution in [2.75, 3.05) is 0 Å². The maximum atomic E-state index is 11.4. The van der Waals surface area contributed by atoms with Gasteiger partial charge in [-0.1, -0.05) is 109 Å². The van der Waals surface area contributed by atoms with Gasteiger partial charge in [0.15, 0.2) is 6.42 Å². The molecule has 56 heavy (non-hydrogen) atoms. The predicted molar refractivity (Wildman–Crippen MR) is 212 cm³/mol. The molecule has 6 aromatic rings. The van der Waals surface area contributed by atoms with E-state index < -0.39 is 46.2 Å². The van der Waals surface area contributed by atoms with Crippen molar-refractivity contribution in [3.63, 3.8) is 0 Å². The normalized spacial score (nSPS) is 10.2. The van der Waals surface area contributed by atoms with Crippen LogP contribution in [0.5, 0.6) is 0 Å². The van der Waals surface area contributed by atoms with E-state index in [4.69, 9.17) is 18.9 Å². The van der Waals surface area contributed by atoms with Crippen LogP contribution in [-0.2, 0) is 26.4 Å². The molecule has 0 fully saturated rings. The maximum absolute atomic E-state index is 11.4. The zero-order chi connectivity index (χ0) is 40.7. The fraction of sp³-hybridized carbons (Fsp3) is 0.0698. The average molecular weight is 848 g/mol. The Bertz CT molecular complexity index is 1680. The summed E-state index contributed by atoms with van der Waals surface area (Å²) >= 11 is 0. The third-order valence-corrected chi connectivity index (χ3v) is 12.8. The minimum atomic E-state index is -5.25. The Labute approximate surface area is 334 Å². The summed E-state index contributed by atoms with van der Waals surface area (Å²) in [5, 5.41) is 8.61. The number of alkyl halides is 6. The van der Waals surface area contributed by atoms with Crippen LogP contribution >= 0.6 is 15.8 Å². The Kier molecular flexibility index (Phi) is 22.8. The molecule has 0 atom stereocenters. The number of carbonyl (C=O) groups excluding carboxylic acids is 2. The van der Waals surface area contributed by atoms with E-state index in [1.807, 2.05) is 0 Å². The van der Waals surface area contributed by atoms with E-state index in [9.17, 15) is 26.3 Å². The van der Waals surface area contributed by atoms with Crippen molar-refractivity contribution in [1.82, 2.24) is 0 Å². The Morgan fingerprint density at radius 2 is 0.518 bits per heavy atom. The molecule has 0 aliphatic heterocycles. The molecule has 0 aliphatic rings. The van der Waals surface area contributed by atoms with E-state index in [2.05, 4.69) is 195 Å². The molecule has 0 saturated carbocycles. The molecule has 6 aromatic carbocycles. The first-order valence-corrected chi connectivity index (χ1v) is 19.2. The molecule has 4 nitrogen and oxygen atoms in total. The number of hydrogen-bond acceptors (Lipinski definition) is 0. The van der Waals surface area contributed by atoms with E-state index in [0.717, 1.165) is 0 Å². The minimum absolute atomic E-state index is 0. The Balaban J connectivity index is 0.000000406. The van der Waals surface area contributed by atoms with Crippen molar-refractivity contribution < 1.29 is 62.3 Å². The first-order chi connectivity index (χ1) is 26.4. The Morgan fingerprint density at radius 3 is 0.643 bits per heavy atom. The van der Waals surface area contributed by atoms with Gasteiger partial charge in [-0.05, 0) is 72.8 Å². The van der Waals surface area contributed by atoms with Crippen LogP contribution in [0.15, 0.2) is 182 Å². The molecule has 0 unspecified atom stereocenters. The van der Waals surface area contributed by atoms with Gasteiger partial charge in [0.1, 0.15) is 31.8 Å². The van der Waals surface area contributed by atoms with Crippen molar-refractivity contribution in [2.45, 2.75) is 18.8 Å². The monoisotopic (exact) mass is 847 g/mol. The average Bonchev–Trinajstić information content (AvgIpc) is 3.22. The van der Waals surface area contributed by atoms with Gasteiger partial charge >= 0.3 is 63.6 Å². The molecule has 0 heterocycles. The van der Waals surface area contributed by atoms with Gasteiger partial charge in [0.25, 0.3) is 0 Å². The summed E-state index contributed by atoms with van der Waals surface area (Å²) in [6.45, 7) is 9.00. The topological polar surface area (TPSA) is 82.6 Å². The van der Waals surface area contributed by atoms with Gasteiger partial charge in [0, 0.05) is 0 Å². The Morgan fingerprint density at radius 1 is 0.375 bits per heavy atom. The SMILES string of the molecule is [C-]#[O+].[C-]#[O+].[Mn+2].[OH+]=C(CC(=[OH+])C(F)(F)F)C(F)(F)F.c1ccc([PH+](c2ccccc2)c2ccccc2)cc1.c1ccc([PH+](c2ccccc2)c2ccccc2)cc1. The number of benzene rings is 6. The van der Waals surface area contributed by atoms with Crippen LogP contribution in [0, 0.1) is 13.3 Å². The van der Waals surface area contributed by atoms with Crippen LogP contribution in [0.2, 0.25) is 0 Å². The third-order valence-electron chi connectivity index (χ3n) is 7.36.